The van der Waals surface area contributed by atoms with Crippen molar-refractivity contribution in [3.63, 3.8) is 0 Å². The van der Waals surface area contributed by atoms with Gasteiger partial charge < -0.3 is 18.9 Å². The molecule has 192 valence electrons. The fourth-order valence-electron chi connectivity index (χ4n) is 5.31. The van der Waals surface area contributed by atoms with Crippen LogP contribution in [0.2, 0.25) is 0 Å². The molecule has 1 aliphatic heterocycles. The van der Waals surface area contributed by atoms with Crippen molar-refractivity contribution >= 4 is 29.0 Å². The minimum absolute atomic E-state index is 0. The molecule has 0 N–H and O–H groups in total. The van der Waals surface area contributed by atoms with Crippen molar-refractivity contribution in [2.75, 3.05) is 60.7 Å². The van der Waals surface area contributed by atoms with E-state index in [9.17, 15) is 4.79 Å². The Morgan fingerprint density at radius 2 is 1.58 bits per heavy atom. The van der Waals surface area contributed by atoms with Gasteiger partial charge in [-0.25, -0.2) is 0 Å². The normalized spacial score (nSPS) is 18.0. The van der Waals surface area contributed by atoms with Crippen molar-refractivity contribution in [3.8, 4) is 23.0 Å². The second-order valence-corrected chi connectivity index (χ2v) is 8.97. The Morgan fingerprint density at radius 1 is 0.861 bits per heavy atom. The molecule has 0 radical (unpaired) electrons. The summed E-state index contributed by atoms with van der Waals surface area (Å²) < 4.78 is 22.7. The predicted molar refractivity (Wildman–Crippen MR) is 143 cm³/mol. The first-order valence-corrected chi connectivity index (χ1v) is 12.1. The number of rotatable bonds is 8. The van der Waals surface area contributed by atoms with Gasteiger partial charge in [0.05, 0.1) is 32.9 Å². The van der Waals surface area contributed by atoms with Crippen molar-refractivity contribution in [3.05, 3.63) is 59.7 Å². The second-order valence-electron chi connectivity index (χ2n) is 8.97. The third-order valence-corrected chi connectivity index (χ3v) is 7.14. The lowest BCUT2D eigenvalue weighted by molar-refractivity contribution is 0.0666. The number of hydrogen-bond acceptors (Lipinski definition) is 7. The maximum atomic E-state index is 13.4. The summed E-state index contributed by atoms with van der Waals surface area (Å²) in [7, 11) is 4.73. The van der Waals surface area contributed by atoms with Gasteiger partial charge in [-0.1, -0.05) is 36.4 Å². The van der Waals surface area contributed by atoms with E-state index < -0.39 is 0 Å². The van der Waals surface area contributed by atoms with E-state index in [1.165, 1.54) is 5.39 Å². The molecule has 3 aromatic carbocycles. The van der Waals surface area contributed by atoms with Gasteiger partial charge in [-0.2, -0.15) is 0 Å². The van der Waals surface area contributed by atoms with Crippen LogP contribution in [-0.2, 0) is 6.42 Å². The third-order valence-electron chi connectivity index (χ3n) is 7.14. The molecule has 1 saturated heterocycles. The molecule has 8 heteroatoms. The largest absolute Gasteiger partial charge is 0.493 e. The zero-order chi connectivity index (χ0) is 24.4. The maximum absolute atomic E-state index is 13.4. The van der Waals surface area contributed by atoms with Gasteiger partial charge in [0.15, 0.2) is 17.3 Å². The number of fused-ring (bicyclic) bond motifs is 2. The zero-order valence-corrected chi connectivity index (χ0v) is 21.8. The highest BCUT2D eigenvalue weighted by atomic mass is 35.5. The van der Waals surface area contributed by atoms with Crippen molar-refractivity contribution < 1.29 is 23.7 Å². The number of benzene rings is 3. The molecule has 7 nitrogen and oxygen atoms in total. The second kappa shape index (κ2) is 11.4. The van der Waals surface area contributed by atoms with Gasteiger partial charge >= 0.3 is 0 Å². The molecular formula is C28H33ClN2O5. The molecule has 1 aliphatic carbocycles. The SMILES string of the molecule is COc1cc2c(c(OC)c1OC)C(=O)C(N1CCN(CCOc3cccc4ccccc34)CC1)C2.Cl. The Kier molecular flexibility index (Phi) is 8.24. The van der Waals surface area contributed by atoms with E-state index in [4.69, 9.17) is 18.9 Å². The summed E-state index contributed by atoms with van der Waals surface area (Å²) in [5.74, 6) is 2.56. The average molecular weight is 513 g/mol. The Morgan fingerprint density at radius 3 is 2.31 bits per heavy atom. The van der Waals surface area contributed by atoms with Crippen LogP contribution in [0.1, 0.15) is 15.9 Å². The van der Waals surface area contributed by atoms with Gasteiger partial charge in [0.25, 0.3) is 0 Å². The van der Waals surface area contributed by atoms with E-state index in [0.717, 1.165) is 49.4 Å². The van der Waals surface area contributed by atoms with E-state index in [-0.39, 0.29) is 24.2 Å². The summed E-state index contributed by atoms with van der Waals surface area (Å²) in [5, 5.41) is 2.33. The Hall–Kier alpha value is -3.00. The topological polar surface area (TPSA) is 60.5 Å². The van der Waals surface area contributed by atoms with Crippen molar-refractivity contribution in [2.45, 2.75) is 12.5 Å². The molecule has 5 rings (SSSR count). The monoisotopic (exact) mass is 512 g/mol. The highest BCUT2D eigenvalue weighted by Crippen LogP contribution is 2.45. The van der Waals surface area contributed by atoms with Gasteiger partial charge in [0.2, 0.25) is 5.75 Å². The van der Waals surface area contributed by atoms with Gasteiger partial charge in [-0.15, -0.1) is 12.4 Å². The lowest BCUT2D eigenvalue weighted by Gasteiger charge is -2.37. The van der Waals surface area contributed by atoms with Crippen LogP contribution in [0.15, 0.2) is 48.5 Å². The van der Waals surface area contributed by atoms with E-state index in [1.807, 2.05) is 30.3 Å². The van der Waals surface area contributed by atoms with E-state index in [1.54, 1.807) is 21.3 Å². The molecule has 1 unspecified atom stereocenters. The molecule has 0 saturated carbocycles. The Bertz CT molecular complexity index is 1220. The predicted octanol–water partition coefficient (Wildman–Crippen LogP) is 4.09. The lowest BCUT2D eigenvalue weighted by Crippen LogP contribution is -2.52. The number of nitrogens with zero attached hydrogens (tertiary/aromatic N) is 2. The number of methoxy groups -OCH3 is 3. The summed E-state index contributed by atoms with van der Waals surface area (Å²) in [4.78, 5) is 18.1. The van der Waals surface area contributed by atoms with Crippen molar-refractivity contribution in [1.82, 2.24) is 9.80 Å². The van der Waals surface area contributed by atoms with E-state index >= 15 is 0 Å². The molecule has 0 spiro atoms. The number of hydrogen-bond donors (Lipinski definition) is 0. The minimum atomic E-state index is -0.176. The first-order valence-electron chi connectivity index (χ1n) is 12.1. The molecular weight excluding hydrogens is 480 g/mol. The molecule has 1 fully saturated rings. The number of halogens is 1. The molecule has 0 bridgehead atoms. The molecule has 0 amide bonds. The standard InChI is InChI=1S/C28H32N2O5.ClH/c1-32-24-18-20-17-22(26(31)25(20)28(34-3)27(24)33-2)30-13-11-29(12-14-30)15-16-35-23-10-6-8-19-7-4-5-9-21(19)23;/h4-10,18,22H,11-17H2,1-3H3;1H. The first-order chi connectivity index (χ1) is 17.1. The van der Waals surface area contributed by atoms with Crippen LogP contribution in [0.25, 0.3) is 10.8 Å². The van der Waals surface area contributed by atoms with E-state index in [2.05, 4.69) is 28.0 Å². The molecule has 36 heavy (non-hydrogen) atoms. The smallest absolute Gasteiger partial charge is 0.204 e. The number of ether oxygens (including phenoxy) is 4. The first kappa shape index (κ1) is 26.1. The molecule has 2 aliphatic rings. The summed E-state index contributed by atoms with van der Waals surface area (Å²) >= 11 is 0. The Balaban J connectivity index is 0.00000304. The van der Waals surface area contributed by atoms with Crippen LogP contribution in [0.3, 0.4) is 0 Å². The summed E-state index contributed by atoms with van der Waals surface area (Å²) in [6, 6.07) is 16.2. The average Bonchev–Trinajstić information content (AvgIpc) is 3.23. The van der Waals surface area contributed by atoms with Crippen molar-refractivity contribution in [1.29, 1.82) is 0 Å². The van der Waals surface area contributed by atoms with Crippen molar-refractivity contribution in [2.24, 2.45) is 0 Å². The fourth-order valence-corrected chi connectivity index (χ4v) is 5.31. The summed E-state index contributed by atoms with van der Waals surface area (Å²) in [6.45, 7) is 4.99. The summed E-state index contributed by atoms with van der Waals surface area (Å²) in [5.41, 5.74) is 1.58. The minimum Gasteiger partial charge on any atom is -0.493 e. The van der Waals surface area contributed by atoms with Gasteiger partial charge in [-0.3, -0.25) is 14.6 Å². The Labute approximate surface area is 218 Å². The number of Topliss-reactive ketones (excluding diaryl/α,β-unsaturated/α-hetero) is 1. The zero-order valence-electron chi connectivity index (χ0n) is 21.0. The number of carbonyl (C=O) groups is 1. The van der Waals surface area contributed by atoms with Gasteiger partial charge in [-0.05, 0) is 29.5 Å². The third kappa shape index (κ3) is 4.83. The van der Waals surface area contributed by atoms with Gasteiger partial charge in [0, 0.05) is 38.1 Å². The lowest BCUT2D eigenvalue weighted by atomic mass is 10.1. The maximum Gasteiger partial charge on any atom is 0.204 e. The number of carbonyl (C=O) groups excluding carboxylic acids is 1. The van der Waals surface area contributed by atoms with Crippen LogP contribution in [-0.4, -0.2) is 82.3 Å². The van der Waals surface area contributed by atoms with Gasteiger partial charge in [0.1, 0.15) is 12.4 Å². The van der Waals surface area contributed by atoms with Crippen LogP contribution in [0, 0.1) is 0 Å². The van der Waals surface area contributed by atoms with Crippen LogP contribution in [0.4, 0.5) is 0 Å². The molecule has 1 atom stereocenters. The quantitative estimate of drug-likeness (QED) is 0.450. The highest BCUT2D eigenvalue weighted by molar-refractivity contribution is 6.08. The van der Waals surface area contributed by atoms with Crippen LogP contribution >= 0.6 is 12.4 Å². The van der Waals surface area contributed by atoms with Crippen LogP contribution in [0.5, 0.6) is 23.0 Å². The molecule has 3 aromatic rings. The highest BCUT2D eigenvalue weighted by Gasteiger charge is 2.40. The van der Waals surface area contributed by atoms with E-state index in [0.29, 0.717) is 35.8 Å². The number of piperazine rings is 1. The molecule has 0 aromatic heterocycles. The van der Waals surface area contributed by atoms with Crippen LogP contribution < -0.4 is 18.9 Å². The molecule has 1 heterocycles. The fraction of sp³-hybridized carbons (Fsp3) is 0.393. The number of ketones is 1. The summed E-state index contributed by atoms with van der Waals surface area (Å²) in [6.07, 6.45) is 0.662.